The van der Waals surface area contributed by atoms with Gasteiger partial charge in [-0.05, 0) is 31.0 Å². The standard InChI is InChI=1S/C12H15N3O4S/c13-7-3-8(4-7)15-20(17,18)9-1-2-11-10(5-9)14-12(16)6-19-11/h1-2,5,7-8,15H,3-4,6,13H2,(H,14,16). The number of benzene rings is 1. The van der Waals surface area contributed by atoms with Crippen molar-refractivity contribution in [2.24, 2.45) is 5.73 Å². The summed E-state index contributed by atoms with van der Waals surface area (Å²) in [6, 6.07) is 4.34. The summed E-state index contributed by atoms with van der Waals surface area (Å²) in [6.07, 6.45) is 1.29. The molecule has 1 fully saturated rings. The van der Waals surface area contributed by atoms with Gasteiger partial charge in [0.1, 0.15) is 5.75 Å². The van der Waals surface area contributed by atoms with Gasteiger partial charge >= 0.3 is 0 Å². The van der Waals surface area contributed by atoms with Crippen LogP contribution in [-0.2, 0) is 14.8 Å². The Kier molecular flexibility index (Phi) is 3.15. The van der Waals surface area contributed by atoms with E-state index in [2.05, 4.69) is 10.0 Å². The number of sulfonamides is 1. The predicted molar refractivity (Wildman–Crippen MR) is 71.9 cm³/mol. The molecule has 1 aromatic rings. The predicted octanol–water partition coefficient (Wildman–Crippen LogP) is -0.214. The lowest BCUT2D eigenvalue weighted by Gasteiger charge is -2.32. The van der Waals surface area contributed by atoms with Crippen molar-refractivity contribution >= 4 is 21.6 Å². The lowest BCUT2D eigenvalue weighted by atomic mass is 9.89. The van der Waals surface area contributed by atoms with E-state index in [-0.39, 0.29) is 29.5 Å². The number of hydrogen-bond donors (Lipinski definition) is 3. The molecule has 0 radical (unpaired) electrons. The lowest BCUT2D eigenvalue weighted by Crippen LogP contribution is -2.50. The summed E-state index contributed by atoms with van der Waals surface area (Å²) >= 11 is 0. The van der Waals surface area contributed by atoms with Crippen molar-refractivity contribution < 1.29 is 17.9 Å². The smallest absolute Gasteiger partial charge is 0.262 e. The van der Waals surface area contributed by atoms with E-state index >= 15 is 0 Å². The molecule has 1 saturated carbocycles. The van der Waals surface area contributed by atoms with E-state index in [1.807, 2.05) is 0 Å². The van der Waals surface area contributed by atoms with E-state index in [0.29, 0.717) is 24.3 Å². The largest absolute Gasteiger partial charge is 0.482 e. The molecule has 2 aliphatic rings. The molecule has 4 N–H and O–H groups in total. The first kappa shape index (κ1) is 13.3. The molecule has 1 aliphatic carbocycles. The highest BCUT2D eigenvalue weighted by Gasteiger charge is 2.30. The van der Waals surface area contributed by atoms with Crippen LogP contribution in [0.3, 0.4) is 0 Å². The molecule has 20 heavy (non-hydrogen) atoms. The quantitative estimate of drug-likeness (QED) is 0.714. The zero-order valence-corrected chi connectivity index (χ0v) is 11.4. The minimum absolute atomic E-state index is 0.0582. The van der Waals surface area contributed by atoms with Crippen molar-refractivity contribution in [3.63, 3.8) is 0 Å². The van der Waals surface area contributed by atoms with Crippen molar-refractivity contribution in [3.05, 3.63) is 18.2 Å². The van der Waals surface area contributed by atoms with Crippen molar-refractivity contribution in [2.45, 2.75) is 29.8 Å². The monoisotopic (exact) mass is 297 g/mol. The van der Waals surface area contributed by atoms with Crippen molar-refractivity contribution in [1.29, 1.82) is 0 Å². The van der Waals surface area contributed by atoms with Gasteiger partial charge in [0.05, 0.1) is 10.6 Å². The third-order valence-electron chi connectivity index (χ3n) is 3.39. The molecule has 3 rings (SSSR count). The van der Waals surface area contributed by atoms with E-state index in [9.17, 15) is 13.2 Å². The van der Waals surface area contributed by atoms with Gasteiger partial charge in [-0.3, -0.25) is 4.79 Å². The molecule has 1 aromatic carbocycles. The van der Waals surface area contributed by atoms with Gasteiger partial charge in [-0.2, -0.15) is 0 Å². The summed E-state index contributed by atoms with van der Waals surface area (Å²) in [7, 11) is -3.61. The van der Waals surface area contributed by atoms with Crippen LogP contribution in [-0.4, -0.2) is 33.0 Å². The average Bonchev–Trinajstić information content (AvgIpc) is 2.35. The van der Waals surface area contributed by atoms with E-state index in [1.165, 1.54) is 18.2 Å². The number of hydrogen-bond acceptors (Lipinski definition) is 5. The molecule has 108 valence electrons. The maximum atomic E-state index is 12.2. The van der Waals surface area contributed by atoms with Crippen molar-refractivity contribution in [2.75, 3.05) is 11.9 Å². The summed E-state index contributed by atoms with van der Waals surface area (Å²) in [5.41, 5.74) is 6.00. The molecule has 0 spiro atoms. The maximum Gasteiger partial charge on any atom is 0.262 e. The van der Waals surface area contributed by atoms with Gasteiger partial charge < -0.3 is 15.8 Å². The van der Waals surface area contributed by atoms with Crippen LogP contribution in [0.1, 0.15) is 12.8 Å². The molecular weight excluding hydrogens is 282 g/mol. The molecule has 0 saturated heterocycles. The molecular formula is C12H15N3O4S. The fraction of sp³-hybridized carbons (Fsp3) is 0.417. The second-order valence-corrected chi connectivity index (χ2v) is 6.76. The molecule has 0 unspecified atom stereocenters. The van der Waals surface area contributed by atoms with Gasteiger partial charge in [-0.1, -0.05) is 0 Å². The molecule has 0 aromatic heterocycles. The highest BCUT2D eigenvalue weighted by atomic mass is 32.2. The van der Waals surface area contributed by atoms with Crippen LogP contribution >= 0.6 is 0 Å². The SMILES string of the molecule is NC1CC(NS(=O)(=O)c2ccc3c(c2)NC(=O)CO3)C1. The van der Waals surface area contributed by atoms with Crippen LogP contribution < -0.4 is 20.5 Å². The van der Waals surface area contributed by atoms with Crippen LogP contribution in [0.25, 0.3) is 0 Å². The summed E-state index contributed by atoms with van der Waals surface area (Å²) in [5.74, 6) is 0.166. The molecule has 7 nitrogen and oxygen atoms in total. The Bertz CT molecular complexity index is 653. The Labute approximate surface area is 116 Å². The zero-order chi connectivity index (χ0) is 14.3. The number of anilines is 1. The molecule has 1 heterocycles. The van der Waals surface area contributed by atoms with E-state index < -0.39 is 10.0 Å². The Morgan fingerprint density at radius 1 is 1.35 bits per heavy atom. The Balaban J connectivity index is 1.82. The summed E-state index contributed by atoms with van der Waals surface area (Å²) in [6.45, 7) is -0.0582. The van der Waals surface area contributed by atoms with Gasteiger partial charge in [0.2, 0.25) is 10.0 Å². The fourth-order valence-corrected chi connectivity index (χ4v) is 3.56. The highest BCUT2D eigenvalue weighted by molar-refractivity contribution is 7.89. The van der Waals surface area contributed by atoms with Crippen LogP contribution in [0.5, 0.6) is 5.75 Å². The Morgan fingerprint density at radius 3 is 2.80 bits per heavy atom. The minimum atomic E-state index is -3.61. The second kappa shape index (κ2) is 4.72. The van der Waals surface area contributed by atoms with Gasteiger partial charge in [-0.15, -0.1) is 0 Å². The zero-order valence-electron chi connectivity index (χ0n) is 10.6. The van der Waals surface area contributed by atoms with Gasteiger partial charge in [0.15, 0.2) is 6.61 Å². The normalized spacial score (nSPS) is 25.1. The first-order valence-electron chi connectivity index (χ1n) is 6.29. The minimum Gasteiger partial charge on any atom is -0.482 e. The maximum absolute atomic E-state index is 12.2. The summed E-state index contributed by atoms with van der Waals surface area (Å²) in [4.78, 5) is 11.3. The van der Waals surface area contributed by atoms with Crippen molar-refractivity contribution in [1.82, 2.24) is 4.72 Å². The summed E-state index contributed by atoms with van der Waals surface area (Å²) in [5, 5.41) is 2.58. The second-order valence-electron chi connectivity index (χ2n) is 5.04. The number of rotatable bonds is 3. The fourth-order valence-electron chi connectivity index (χ4n) is 2.27. The van der Waals surface area contributed by atoms with Crippen LogP contribution in [0.2, 0.25) is 0 Å². The molecule has 0 atom stereocenters. The van der Waals surface area contributed by atoms with Gasteiger partial charge in [-0.25, -0.2) is 13.1 Å². The first-order chi connectivity index (χ1) is 9.44. The topological polar surface area (TPSA) is 111 Å². The number of nitrogens with one attached hydrogen (secondary N) is 2. The summed E-state index contributed by atoms with van der Waals surface area (Å²) < 4.78 is 32.2. The third-order valence-corrected chi connectivity index (χ3v) is 4.91. The number of fused-ring (bicyclic) bond motifs is 1. The van der Waals surface area contributed by atoms with Crippen LogP contribution in [0, 0.1) is 0 Å². The number of carbonyl (C=O) groups is 1. The van der Waals surface area contributed by atoms with E-state index in [0.717, 1.165) is 0 Å². The van der Waals surface area contributed by atoms with E-state index in [1.54, 1.807) is 0 Å². The third kappa shape index (κ3) is 2.49. The number of nitrogens with two attached hydrogens (primary N) is 1. The first-order valence-corrected chi connectivity index (χ1v) is 7.77. The Morgan fingerprint density at radius 2 is 2.10 bits per heavy atom. The molecule has 0 bridgehead atoms. The van der Waals surface area contributed by atoms with Gasteiger partial charge in [0, 0.05) is 12.1 Å². The van der Waals surface area contributed by atoms with E-state index in [4.69, 9.17) is 10.5 Å². The molecule has 8 heteroatoms. The van der Waals surface area contributed by atoms with Crippen LogP contribution in [0.15, 0.2) is 23.1 Å². The number of ether oxygens (including phenoxy) is 1. The highest BCUT2D eigenvalue weighted by Crippen LogP contribution is 2.30. The molecule has 1 aliphatic heterocycles. The van der Waals surface area contributed by atoms with Crippen LogP contribution in [0.4, 0.5) is 5.69 Å². The van der Waals surface area contributed by atoms with Crippen molar-refractivity contribution in [3.8, 4) is 5.75 Å². The molecule has 1 amide bonds. The van der Waals surface area contributed by atoms with Gasteiger partial charge in [0.25, 0.3) is 5.91 Å². The number of amides is 1. The lowest BCUT2D eigenvalue weighted by molar-refractivity contribution is -0.118. The number of carbonyl (C=O) groups excluding carboxylic acids is 1. The Hall–Kier alpha value is -1.64. The average molecular weight is 297 g/mol.